The average molecular weight is 357 g/mol. The zero-order valence-corrected chi connectivity index (χ0v) is 14.7. The van der Waals surface area contributed by atoms with Crippen molar-refractivity contribution in [3.63, 3.8) is 0 Å². The van der Waals surface area contributed by atoms with E-state index in [1.807, 2.05) is 17.0 Å². The van der Waals surface area contributed by atoms with Crippen LogP contribution in [0.5, 0.6) is 0 Å². The number of nitrogen functional groups attached to an aromatic ring is 1. The number of rotatable bonds is 6. The lowest BCUT2D eigenvalue weighted by Gasteiger charge is -2.33. The van der Waals surface area contributed by atoms with Gasteiger partial charge in [-0.3, -0.25) is 4.79 Å². The van der Waals surface area contributed by atoms with Crippen molar-refractivity contribution < 1.29 is 13.9 Å². The highest BCUT2D eigenvalue weighted by Crippen LogP contribution is 2.15. The second kappa shape index (κ2) is 8.76. The molecule has 1 aromatic carbocycles. The molecule has 6 heteroatoms. The van der Waals surface area contributed by atoms with E-state index in [-0.39, 0.29) is 17.8 Å². The number of morpholine rings is 1. The molecular weight excluding hydrogens is 333 g/mol. The first-order valence-corrected chi connectivity index (χ1v) is 8.94. The van der Waals surface area contributed by atoms with Crippen molar-refractivity contribution in [1.29, 1.82) is 0 Å². The summed E-state index contributed by atoms with van der Waals surface area (Å²) in [4.78, 5) is 18.3. The zero-order chi connectivity index (χ0) is 18.4. The summed E-state index contributed by atoms with van der Waals surface area (Å²) in [5, 5.41) is 0. The SMILES string of the molecule is Nc1cc(CC[C@@H]2CN(C(=O)CCc3ccc(F)cc3)CCO2)ccn1. The van der Waals surface area contributed by atoms with E-state index in [0.29, 0.717) is 38.4 Å². The number of amides is 1. The van der Waals surface area contributed by atoms with E-state index >= 15 is 0 Å². The minimum atomic E-state index is -0.257. The normalized spacial score (nSPS) is 17.3. The third kappa shape index (κ3) is 5.26. The van der Waals surface area contributed by atoms with E-state index in [2.05, 4.69) is 4.98 Å². The highest BCUT2D eigenvalue weighted by atomic mass is 19.1. The number of pyridine rings is 1. The van der Waals surface area contributed by atoms with Gasteiger partial charge in [-0.2, -0.15) is 0 Å². The molecule has 0 spiro atoms. The summed E-state index contributed by atoms with van der Waals surface area (Å²) in [5.74, 6) is 0.382. The molecule has 26 heavy (non-hydrogen) atoms. The third-order valence-electron chi connectivity index (χ3n) is 4.63. The Morgan fingerprint density at radius 3 is 2.81 bits per heavy atom. The molecule has 3 rings (SSSR count). The maximum atomic E-state index is 12.9. The smallest absolute Gasteiger partial charge is 0.223 e. The molecule has 1 amide bonds. The number of aryl methyl sites for hydroxylation is 2. The van der Waals surface area contributed by atoms with Crippen LogP contribution in [0.25, 0.3) is 0 Å². The number of nitrogens with zero attached hydrogens (tertiary/aromatic N) is 2. The molecule has 1 aliphatic heterocycles. The molecule has 2 aromatic rings. The van der Waals surface area contributed by atoms with Crippen molar-refractivity contribution >= 4 is 11.7 Å². The van der Waals surface area contributed by atoms with Crippen molar-refractivity contribution in [2.24, 2.45) is 0 Å². The number of anilines is 1. The first kappa shape index (κ1) is 18.3. The molecule has 0 aliphatic carbocycles. The maximum absolute atomic E-state index is 12.9. The summed E-state index contributed by atoms with van der Waals surface area (Å²) in [6, 6.07) is 10.1. The topological polar surface area (TPSA) is 68.5 Å². The quantitative estimate of drug-likeness (QED) is 0.863. The van der Waals surface area contributed by atoms with Gasteiger partial charge < -0.3 is 15.4 Å². The van der Waals surface area contributed by atoms with Crippen LogP contribution < -0.4 is 5.73 Å². The number of ether oxygens (including phenoxy) is 1. The van der Waals surface area contributed by atoms with E-state index in [1.165, 1.54) is 12.1 Å². The number of benzene rings is 1. The predicted octanol–water partition coefficient (Wildman–Crippen LogP) is 2.60. The van der Waals surface area contributed by atoms with Crippen molar-refractivity contribution in [2.45, 2.75) is 31.8 Å². The molecule has 138 valence electrons. The van der Waals surface area contributed by atoms with Crippen LogP contribution in [0, 0.1) is 5.82 Å². The molecule has 0 saturated carbocycles. The van der Waals surface area contributed by atoms with Crippen molar-refractivity contribution in [3.8, 4) is 0 Å². The summed E-state index contributed by atoms with van der Waals surface area (Å²) in [6.07, 6.45) is 4.47. The fourth-order valence-corrected chi connectivity index (χ4v) is 3.16. The van der Waals surface area contributed by atoms with E-state index in [9.17, 15) is 9.18 Å². The van der Waals surface area contributed by atoms with Crippen LogP contribution in [0.2, 0.25) is 0 Å². The Labute approximate surface area is 153 Å². The van der Waals surface area contributed by atoms with E-state index in [4.69, 9.17) is 10.5 Å². The Hall–Kier alpha value is -2.47. The Morgan fingerprint density at radius 2 is 2.04 bits per heavy atom. The summed E-state index contributed by atoms with van der Waals surface area (Å²) in [7, 11) is 0. The van der Waals surface area contributed by atoms with E-state index in [1.54, 1.807) is 18.3 Å². The standard InChI is InChI=1S/C20H24FN3O2/c21-17-5-1-15(2-6-17)4-8-20(25)24-11-12-26-18(14-24)7-3-16-9-10-23-19(22)13-16/h1-2,5-6,9-10,13,18H,3-4,7-8,11-12,14H2,(H2,22,23)/t18-/m1/s1. The summed E-state index contributed by atoms with van der Waals surface area (Å²) in [5.41, 5.74) is 7.80. The summed E-state index contributed by atoms with van der Waals surface area (Å²) >= 11 is 0. The fraction of sp³-hybridized carbons (Fsp3) is 0.400. The second-order valence-corrected chi connectivity index (χ2v) is 6.59. The lowest BCUT2D eigenvalue weighted by atomic mass is 10.1. The highest BCUT2D eigenvalue weighted by Gasteiger charge is 2.23. The lowest BCUT2D eigenvalue weighted by molar-refractivity contribution is -0.138. The van der Waals surface area contributed by atoms with Crippen LogP contribution in [0.1, 0.15) is 24.0 Å². The maximum Gasteiger partial charge on any atom is 0.223 e. The average Bonchev–Trinajstić information content (AvgIpc) is 2.66. The van der Waals surface area contributed by atoms with Crippen LogP contribution in [0.3, 0.4) is 0 Å². The minimum absolute atomic E-state index is 0.0351. The molecule has 1 saturated heterocycles. The zero-order valence-electron chi connectivity index (χ0n) is 14.7. The van der Waals surface area contributed by atoms with Crippen LogP contribution in [0.4, 0.5) is 10.2 Å². The van der Waals surface area contributed by atoms with Crippen LogP contribution in [-0.4, -0.2) is 41.6 Å². The number of hydrogen-bond donors (Lipinski definition) is 1. The van der Waals surface area contributed by atoms with Crippen LogP contribution in [0.15, 0.2) is 42.6 Å². The minimum Gasteiger partial charge on any atom is -0.384 e. The number of hydrogen-bond acceptors (Lipinski definition) is 4. The van der Waals surface area contributed by atoms with E-state index in [0.717, 1.165) is 24.0 Å². The molecule has 1 aromatic heterocycles. The van der Waals surface area contributed by atoms with Gasteiger partial charge in [-0.05, 0) is 54.7 Å². The Morgan fingerprint density at radius 1 is 1.23 bits per heavy atom. The summed E-state index contributed by atoms with van der Waals surface area (Å²) < 4.78 is 18.7. The molecule has 0 unspecified atom stereocenters. The first-order valence-electron chi connectivity index (χ1n) is 8.94. The Kier molecular flexibility index (Phi) is 6.17. The lowest BCUT2D eigenvalue weighted by Crippen LogP contribution is -2.45. The van der Waals surface area contributed by atoms with Gasteiger partial charge in [-0.1, -0.05) is 12.1 Å². The first-order chi connectivity index (χ1) is 12.6. The van der Waals surface area contributed by atoms with Gasteiger partial charge >= 0.3 is 0 Å². The molecule has 1 aliphatic rings. The number of carbonyl (C=O) groups is 1. The summed E-state index contributed by atoms with van der Waals surface area (Å²) in [6.45, 7) is 1.80. The number of carbonyl (C=O) groups excluding carboxylic acids is 1. The Balaban J connectivity index is 1.46. The van der Waals surface area contributed by atoms with Gasteiger partial charge in [0.25, 0.3) is 0 Å². The number of halogens is 1. The fourth-order valence-electron chi connectivity index (χ4n) is 3.16. The predicted molar refractivity (Wildman–Crippen MR) is 98.0 cm³/mol. The van der Waals surface area contributed by atoms with Crippen molar-refractivity contribution in [2.75, 3.05) is 25.4 Å². The van der Waals surface area contributed by atoms with Gasteiger partial charge in [-0.25, -0.2) is 9.37 Å². The third-order valence-corrected chi connectivity index (χ3v) is 4.63. The van der Waals surface area contributed by atoms with Gasteiger partial charge in [0.15, 0.2) is 0 Å². The number of nitrogens with two attached hydrogens (primary N) is 1. The molecule has 2 heterocycles. The molecule has 5 nitrogen and oxygen atoms in total. The molecule has 1 atom stereocenters. The van der Waals surface area contributed by atoms with Crippen molar-refractivity contribution in [3.05, 3.63) is 59.5 Å². The molecule has 0 radical (unpaired) electrons. The highest BCUT2D eigenvalue weighted by molar-refractivity contribution is 5.76. The Bertz CT molecular complexity index is 736. The molecule has 1 fully saturated rings. The van der Waals surface area contributed by atoms with Gasteiger partial charge in [0, 0.05) is 25.7 Å². The molecular formula is C20H24FN3O2. The van der Waals surface area contributed by atoms with E-state index < -0.39 is 0 Å². The van der Waals surface area contributed by atoms with Gasteiger partial charge in [0.1, 0.15) is 11.6 Å². The van der Waals surface area contributed by atoms with Crippen molar-refractivity contribution in [1.82, 2.24) is 9.88 Å². The molecule has 0 bridgehead atoms. The molecule has 2 N–H and O–H groups in total. The van der Waals surface area contributed by atoms with Gasteiger partial charge in [0.2, 0.25) is 5.91 Å². The monoisotopic (exact) mass is 357 g/mol. The van der Waals surface area contributed by atoms with Gasteiger partial charge in [-0.15, -0.1) is 0 Å². The second-order valence-electron chi connectivity index (χ2n) is 6.59. The van der Waals surface area contributed by atoms with Crippen LogP contribution >= 0.6 is 0 Å². The largest absolute Gasteiger partial charge is 0.384 e. The van der Waals surface area contributed by atoms with Crippen LogP contribution in [-0.2, 0) is 22.4 Å². The number of aromatic nitrogens is 1. The van der Waals surface area contributed by atoms with Gasteiger partial charge in [0.05, 0.1) is 12.7 Å².